The molecule has 1 N–H and O–H groups in total. The van der Waals surface area contributed by atoms with Crippen molar-refractivity contribution in [1.29, 1.82) is 0 Å². The fraction of sp³-hybridized carbons (Fsp3) is 0.320. The third-order valence-electron chi connectivity index (χ3n) is 5.88. The second-order valence-electron chi connectivity index (χ2n) is 7.81. The van der Waals surface area contributed by atoms with Gasteiger partial charge in [0.25, 0.3) is 0 Å². The summed E-state index contributed by atoms with van der Waals surface area (Å²) in [6, 6.07) is 16.5. The van der Waals surface area contributed by atoms with Gasteiger partial charge in [-0.05, 0) is 43.2 Å². The smallest absolute Gasteiger partial charge is 0.246 e. The maximum absolute atomic E-state index is 12.7. The molecule has 0 radical (unpaired) electrons. The van der Waals surface area contributed by atoms with Crippen LogP contribution in [-0.4, -0.2) is 60.5 Å². The number of aromatic nitrogens is 1. The molecule has 1 saturated heterocycles. The first-order chi connectivity index (χ1) is 14.6. The highest BCUT2D eigenvalue weighted by atomic mass is 16.5. The van der Waals surface area contributed by atoms with E-state index < -0.39 is 0 Å². The van der Waals surface area contributed by atoms with E-state index in [-0.39, 0.29) is 5.91 Å². The molecule has 1 fully saturated rings. The van der Waals surface area contributed by atoms with Crippen LogP contribution in [0.4, 0.5) is 0 Å². The van der Waals surface area contributed by atoms with Gasteiger partial charge in [0.15, 0.2) is 0 Å². The Morgan fingerprint density at radius 3 is 2.60 bits per heavy atom. The number of methoxy groups -OCH3 is 1. The first kappa shape index (κ1) is 20.2. The summed E-state index contributed by atoms with van der Waals surface area (Å²) < 4.78 is 5.35. The summed E-state index contributed by atoms with van der Waals surface area (Å²) in [7, 11) is 1.67. The van der Waals surface area contributed by atoms with Gasteiger partial charge in [0.2, 0.25) is 5.91 Å². The molecule has 1 aliphatic rings. The highest BCUT2D eigenvalue weighted by Gasteiger charge is 2.19. The number of hydrogen-bond donors (Lipinski definition) is 1. The second-order valence-corrected chi connectivity index (χ2v) is 7.81. The molecule has 5 nitrogen and oxygen atoms in total. The van der Waals surface area contributed by atoms with Crippen molar-refractivity contribution in [1.82, 2.24) is 14.8 Å². The van der Waals surface area contributed by atoms with Crippen molar-refractivity contribution in [3.8, 4) is 5.75 Å². The van der Waals surface area contributed by atoms with Crippen LogP contribution in [0.1, 0.15) is 16.8 Å². The van der Waals surface area contributed by atoms with Gasteiger partial charge in [-0.2, -0.15) is 0 Å². The Balaban J connectivity index is 1.34. The topological polar surface area (TPSA) is 48.6 Å². The average molecular weight is 404 g/mol. The summed E-state index contributed by atoms with van der Waals surface area (Å²) in [6.07, 6.45) is 4.68. The van der Waals surface area contributed by atoms with Crippen molar-refractivity contribution in [2.75, 3.05) is 39.8 Å². The number of piperazine rings is 1. The van der Waals surface area contributed by atoms with E-state index >= 15 is 0 Å². The van der Waals surface area contributed by atoms with Gasteiger partial charge in [-0.25, -0.2) is 0 Å². The van der Waals surface area contributed by atoms with Gasteiger partial charge in [0.1, 0.15) is 5.75 Å². The van der Waals surface area contributed by atoms with Crippen LogP contribution in [0.25, 0.3) is 17.0 Å². The van der Waals surface area contributed by atoms with Gasteiger partial charge < -0.3 is 14.6 Å². The van der Waals surface area contributed by atoms with Crippen LogP contribution in [0.3, 0.4) is 0 Å². The van der Waals surface area contributed by atoms with Gasteiger partial charge >= 0.3 is 0 Å². The van der Waals surface area contributed by atoms with Gasteiger partial charge in [0, 0.05) is 61.0 Å². The van der Waals surface area contributed by atoms with Crippen LogP contribution in [0.2, 0.25) is 0 Å². The maximum atomic E-state index is 12.7. The lowest BCUT2D eigenvalue weighted by Crippen LogP contribution is -2.48. The number of amides is 1. The Hall–Kier alpha value is -3.05. The molecule has 0 spiro atoms. The molecule has 0 atom stereocenters. The number of fused-ring (bicyclic) bond motifs is 1. The highest BCUT2D eigenvalue weighted by Crippen LogP contribution is 2.27. The third-order valence-corrected chi connectivity index (χ3v) is 5.88. The van der Waals surface area contributed by atoms with Gasteiger partial charge in [-0.1, -0.05) is 30.3 Å². The van der Waals surface area contributed by atoms with Gasteiger partial charge in [-0.15, -0.1) is 0 Å². The molecule has 2 aromatic carbocycles. The molecule has 30 heavy (non-hydrogen) atoms. The summed E-state index contributed by atoms with van der Waals surface area (Å²) in [4.78, 5) is 20.5. The number of aryl methyl sites for hydroxylation is 1. The fourth-order valence-electron chi connectivity index (χ4n) is 4.05. The Bertz CT molecular complexity index is 1030. The lowest BCUT2D eigenvalue weighted by atomic mass is 10.1. The van der Waals surface area contributed by atoms with E-state index in [1.54, 1.807) is 13.2 Å². The molecule has 0 bridgehead atoms. The molecule has 2 heterocycles. The number of carbonyl (C=O) groups is 1. The van der Waals surface area contributed by atoms with Crippen molar-refractivity contribution >= 4 is 22.9 Å². The summed E-state index contributed by atoms with van der Waals surface area (Å²) in [5.41, 5.74) is 4.50. The molecule has 0 aliphatic carbocycles. The maximum Gasteiger partial charge on any atom is 0.246 e. The summed E-state index contributed by atoms with van der Waals surface area (Å²) in [5.74, 6) is 0.892. The molecule has 0 saturated carbocycles. The van der Waals surface area contributed by atoms with Crippen molar-refractivity contribution in [2.24, 2.45) is 0 Å². The Kier molecular flexibility index (Phi) is 6.19. The molecule has 156 valence electrons. The number of carbonyl (C=O) groups excluding carboxylic acids is 1. The van der Waals surface area contributed by atoms with Crippen molar-refractivity contribution in [3.05, 3.63) is 71.4 Å². The van der Waals surface area contributed by atoms with E-state index in [9.17, 15) is 4.79 Å². The third kappa shape index (κ3) is 4.57. The quantitative estimate of drug-likeness (QED) is 0.636. The van der Waals surface area contributed by atoms with Crippen LogP contribution in [-0.2, 0) is 11.2 Å². The summed E-state index contributed by atoms with van der Waals surface area (Å²) >= 11 is 0. The molecule has 5 heteroatoms. The summed E-state index contributed by atoms with van der Waals surface area (Å²) in [5, 5.41) is 1.07. The largest absolute Gasteiger partial charge is 0.497 e. The monoisotopic (exact) mass is 403 g/mol. The molecule has 1 aromatic heterocycles. The molecular formula is C25H29N3O2. The van der Waals surface area contributed by atoms with Crippen molar-refractivity contribution in [3.63, 3.8) is 0 Å². The summed E-state index contributed by atoms with van der Waals surface area (Å²) in [6.45, 7) is 6.48. The molecule has 4 rings (SSSR count). The molecule has 1 aliphatic heterocycles. The van der Waals surface area contributed by atoms with Crippen LogP contribution in [0, 0.1) is 6.92 Å². The number of hydrogen-bond acceptors (Lipinski definition) is 3. The zero-order valence-corrected chi connectivity index (χ0v) is 17.7. The van der Waals surface area contributed by atoms with Crippen LogP contribution in [0.15, 0.2) is 54.6 Å². The Morgan fingerprint density at radius 1 is 1.10 bits per heavy atom. The molecule has 1 amide bonds. The molecule has 0 unspecified atom stereocenters. The highest BCUT2D eigenvalue weighted by molar-refractivity contribution is 5.97. The van der Waals surface area contributed by atoms with Crippen LogP contribution < -0.4 is 4.74 Å². The second kappa shape index (κ2) is 9.18. The predicted molar refractivity (Wildman–Crippen MR) is 122 cm³/mol. The number of ether oxygens (including phenoxy) is 1. The van der Waals surface area contributed by atoms with E-state index in [0.717, 1.165) is 67.1 Å². The van der Waals surface area contributed by atoms with E-state index in [0.29, 0.717) is 0 Å². The lowest BCUT2D eigenvalue weighted by Gasteiger charge is -2.34. The van der Waals surface area contributed by atoms with Gasteiger partial charge in [-0.3, -0.25) is 9.69 Å². The van der Waals surface area contributed by atoms with Crippen LogP contribution >= 0.6 is 0 Å². The Morgan fingerprint density at radius 2 is 1.87 bits per heavy atom. The zero-order chi connectivity index (χ0) is 20.9. The average Bonchev–Trinajstić information content (AvgIpc) is 3.11. The number of nitrogens with zero attached hydrogens (tertiary/aromatic N) is 2. The first-order valence-corrected chi connectivity index (χ1v) is 10.5. The molecular weight excluding hydrogens is 374 g/mol. The lowest BCUT2D eigenvalue weighted by molar-refractivity contribution is -0.127. The normalized spacial score (nSPS) is 15.2. The predicted octanol–water partition coefficient (Wildman–Crippen LogP) is 3.89. The van der Waals surface area contributed by atoms with E-state index in [1.807, 2.05) is 36.1 Å². The van der Waals surface area contributed by atoms with Crippen molar-refractivity contribution in [2.45, 2.75) is 13.3 Å². The standard InChI is InChI=1S/C25H29N3O2/c1-19-22(23-18-21(30-2)8-10-24(23)26-19)9-11-25(29)28-16-14-27(15-17-28)13-12-20-6-4-3-5-7-20/h3-11,18,26H,12-17H2,1-2H3. The fourth-order valence-corrected chi connectivity index (χ4v) is 4.05. The van der Waals surface area contributed by atoms with E-state index in [4.69, 9.17) is 4.74 Å². The zero-order valence-electron chi connectivity index (χ0n) is 17.7. The minimum atomic E-state index is 0.0781. The Labute approximate surface area is 177 Å². The van der Waals surface area contributed by atoms with Crippen molar-refractivity contribution < 1.29 is 9.53 Å². The minimum absolute atomic E-state index is 0.0781. The number of H-pyrrole nitrogens is 1. The molecule has 3 aromatic rings. The SMILES string of the molecule is COc1ccc2[nH]c(C)c(C=CC(=O)N3CCN(CCc4ccccc4)CC3)c2c1. The van der Waals surface area contributed by atoms with Crippen LogP contribution in [0.5, 0.6) is 5.75 Å². The number of aromatic amines is 1. The number of benzene rings is 2. The first-order valence-electron chi connectivity index (χ1n) is 10.5. The van der Waals surface area contributed by atoms with E-state index in [2.05, 4.69) is 40.2 Å². The van der Waals surface area contributed by atoms with Gasteiger partial charge in [0.05, 0.1) is 7.11 Å². The van der Waals surface area contributed by atoms with E-state index in [1.165, 1.54) is 5.56 Å². The number of nitrogens with one attached hydrogen (secondary N) is 1. The number of rotatable bonds is 6. The minimum Gasteiger partial charge on any atom is -0.497 e.